The Balaban J connectivity index is 1.01. The molecule has 0 N–H and O–H groups in total. The van der Waals surface area contributed by atoms with Crippen molar-refractivity contribution in [2.24, 2.45) is 0 Å². The molecule has 0 fully saturated rings. The molecule has 9 aromatic carbocycles. The molecule has 0 amide bonds. The molecule has 10 aromatic rings. The number of hydrogen-bond acceptors (Lipinski definition) is 5. The van der Waals surface area contributed by atoms with Crippen molar-refractivity contribution in [1.82, 2.24) is 15.0 Å². The quantitative estimate of drug-likeness (QED) is 0.161. The molecule has 0 bridgehead atoms. The first kappa shape index (κ1) is 36.4. The summed E-state index contributed by atoms with van der Waals surface area (Å²) in [5.41, 5.74) is 12.9. The maximum Gasteiger partial charge on any atom is 0.178 e. The van der Waals surface area contributed by atoms with Crippen molar-refractivity contribution in [2.75, 3.05) is 0 Å². The highest BCUT2D eigenvalue weighted by atomic mass is 16.6. The van der Waals surface area contributed by atoms with Gasteiger partial charge in [0.05, 0.1) is 5.41 Å². The van der Waals surface area contributed by atoms with E-state index in [9.17, 15) is 0 Å². The minimum absolute atomic E-state index is 0.555. The maximum absolute atomic E-state index is 7.09. The fourth-order valence-electron chi connectivity index (χ4n) is 9.59. The minimum Gasteiger partial charge on any atom is -0.449 e. The molecule has 5 nitrogen and oxygen atoms in total. The summed E-state index contributed by atoms with van der Waals surface area (Å²) < 4.78 is 14.1. The van der Waals surface area contributed by atoms with Crippen LogP contribution in [0.15, 0.2) is 224 Å². The van der Waals surface area contributed by atoms with Crippen molar-refractivity contribution in [3.05, 3.63) is 247 Å². The van der Waals surface area contributed by atoms with Crippen LogP contribution < -0.4 is 9.47 Å². The number of aromatic nitrogens is 3. The summed E-state index contributed by atoms with van der Waals surface area (Å²) >= 11 is 0. The largest absolute Gasteiger partial charge is 0.449 e. The molecule has 0 unspecified atom stereocenters. The predicted octanol–water partition coefficient (Wildman–Crippen LogP) is 14.5. The Hall–Kier alpha value is -8.41. The van der Waals surface area contributed by atoms with E-state index >= 15 is 0 Å². The summed E-state index contributed by atoms with van der Waals surface area (Å²) in [7, 11) is 0. The molecule has 0 saturated heterocycles. The Kier molecular flexibility index (Phi) is 8.64. The molecule has 0 atom stereocenters. The van der Waals surface area contributed by atoms with Crippen LogP contribution in [0.3, 0.4) is 0 Å². The lowest BCUT2D eigenvalue weighted by atomic mass is 9.68. The molecule has 2 aliphatic rings. The first-order chi connectivity index (χ1) is 31.3. The van der Waals surface area contributed by atoms with Crippen LogP contribution in [0.1, 0.15) is 22.3 Å². The summed E-state index contributed by atoms with van der Waals surface area (Å²) in [5.74, 6) is 4.37. The summed E-state index contributed by atoms with van der Waals surface area (Å²) in [6.07, 6.45) is 0. The molecule has 0 radical (unpaired) electrons. The fourth-order valence-corrected chi connectivity index (χ4v) is 9.59. The molecule has 1 aliphatic carbocycles. The summed E-state index contributed by atoms with van der Waals surface area (Å²) in [6, 6.07) is 77.6. The van der Waals surface area contributed by atoms with Crippen LogP contribution in [0.5, 0.6) is 23.0 Å². The lowest BCUT2D eigenvalue weighted by Crippen LogP contribution is -2.28. The Labute approximate surface area is 365 Å². The van der Waals surface area contributed by atoms with Crippen molar-refractivity contribution < 1.29 is 9.47 Å². The normalized spacial score (nSPS) is 12.8. The van der Waals surface area contributed by atoms with E-state index in [1.165, 1.54) is 16.7 Å². The average Bonchev–Trinajstić information content (AvgIpc) is 3.68. The number of benzene rings is 9. The van der Waals surface area contributed by atoms with Gasteiger partial charge in [-0.1, -0.05) is 212 Å². The van der Waals surface area contributed by atoms with Gasteiger partial charge in [0.25, 0.3) is 0 Å². The van der Waals surface area contributed by atoms with Gasteiger partial charge in [0.2, 0.25) is 0 Å². The molecular weight excluding hydrogens is 771 g/mol. The highest BCUT2D eigenvalue weighted by Crippen LogP contribution is 2.63. The van der Waals surface area contributed by atoms with Crippen molar-refractivity contribution in [1.29, 1.82) is 0 Å². The van der Waals surface area contributed by atoms with Gasteiger partial charge in [0, 0.05) is 27.8 Å². The highest BCUT2D eigenvalue weighted by Gasteiger charge is 2.48. The zero-order chi connectivity index (χ0) is 41.7. The topological polar surface area (TPSA) is 57.1 Å². The van der Waals surface area contributed by atoms with Crippen LogP contribution in [0.25, 0.3) is 67.5 Å². The number of para-hydroxylation sites is 1. The van der Waals surface area contributed by atoms with Crippen LogP contribution in [0.4, 0.5) is 0 Å². The van der Waals surface area contributed by atoms with Gasteiger partial charge in [-0.05, 0) is 56.6 Å². The van der Waals surface area contributed by atoms with Crippen molar-refractivity contribution in [3.8, 4) is 90.5 Å². The van der Waals surface area contributed by atoms with Gasteiger partial charge in [0.1, 0.15) is 0 Å². The third-order valence-corrected chi connectivity index (χ3v) is 12.3. The van der Waals surface area contributed by atoms with E-state index in [1.54, 1.807) is 0 Å². The van der Waals surface area contributed by atoms with Gasteiger partial charge in [-0.2, -0.15) is 0 Å². The third kappa shape index (κ3) is 5.89. The standard InChI is InChI=1S/C58H37N3O2/c1-5-20-38(21-6-1)42-28-13-15-30-45(42)56-59-55(39-22-7-2-8-23-39)60-57(61-56)46-31-16-14-29-43(46)44-33-19-35-50-53(44)62-51-37-36-49-52(54(51)63-50)47-32-17-18-34-48(47)58(49,40-24-9-3-10-25-40)41-26-11-4-12-27-41/h1-37H. The maximum atomic E-state index is 7.09. The van der Waals surface area contributed by atoms with Crippen LogP contribution in [-0.2, 0) is 5.41 Å². The van der Waals surface area contributed by atoms with E-state index in [-0.39, 0.29) is 0 Å². The molecule has 1 aliphatic heterocycles. The molecule has 5 heteroatoms. The smallest absolute Gasteiger partial charge is 0.178 e. The highest BCUT2D eigenvalue weighted by molar-refractivity contribution is 5.93. The van der Waals surface area contributed by atoms with E-state index < -0.39 is 5.41 Å². The van der Waals surface area contributed by atoms with Gasteiger partial charge >= 0.3 is 0 Å². The van der Waals surface area contributed by atoms with Crippen molar-refractivity contribution in [3.63, 3.8) is 0 Å². The zero-order valence-electron chi connectivity index (χ0n) is 34.0. The first-order valence-corrected chi connectivity index (χ1v) is 21.2. The molecule has 1 aromatic heterocycles. The average molecular weight is 808 g/mol. The van der Waals surface area contributed by atoms with Crippen LogP contribution in [0.2, 0.25) is 0 Å². The predicted molar refractivity (Wildman–Crippen MR) is 251 cm³/mol. The van der Waals surface area contributed by atoms with E-state index in [4.69, 9.17) is 24.4 Å². The molecule has 63 heavy (non-hydrogen) atoms. The number of rotatable bonds is 7. The number of fused-ring (bicyclic) bond motifs is 6. The van der Waals surface area contributed by atoms with Crippen molar-refractivity contribution in [2.45, 2.75) is 5.41 Å². The molecule has 296 valence electrons. The Bertz CT molecular complexity index is 3300. The Morgan fingerprint density at radius 2 is 0.746 bits per heavy atom. The van der Waals surface area contributed by atoms with Gasteiger partial charge in [0.15, 0.2) is 40.5 Å². The Morgan fingerprint density at radius 1 is 0.286 bits per heavy atom. The summed E-state index contributed by atoms with van der Waals surface area (Å²) in [5, 5.41) is 0. The van der Waals surface area contributed by atoms with Crippen LogP contribution >= 0.6 is 0 Å². The van der Waals surface area contributed by atoms with Crippen molar-refractivity contribution >= 4 is 0 Å². The van der Waals surface area contributed by atoms with E-state index in [1.807, 2.05) is 66.7 Å². The van der Waals surface area contributed by atoms with Crippen LogP contribution in [0, 0.1) is 0 Å². The second kappa shape index (κ2) is 14.9. The van der Waals surface area contributed by atoms with Gasteiger partial charge in [-0.25, -0.2) is 15.0 Å². The Morgan fingerprint density at radius 3 is 1.40 bits per heavy atom. The second-order valence-electron chi connectivity index (χ2n) is 15.8. The van der Waals surface area contributed by atoms with Gasteiger partial charge in [-0.15, -0.1) is 0 Å². The summed E-state index contributed by atoms with van der Waals surface area (Å²) in [4.78, 5) is 15.5. The number of ether oxygens (including phenoxy) is 2. The van der Waals surface area contributed by atoms with Gasteiger partial charge < -0.3 is 9.47 Å². The molecular formula is C58H37N3O2. The van der Waals surface area contributed by atoms with Gasteiger partial charge in [-0.3, -0.25) is 0 Å². The lowest BCUT2D eigenvalue weighted by Gasteiger charge is -2.34. The molecule has 0 spiro atoms. The zero-order valence-corrected chi connectivity index (χ0v) is 34.0. The fraction of sp³-hybridized carbons (Fsp3) is 0.0172. The monoisotopic (exact) mass is 807 g/mol. The SMILES string of the molecule is c1ccc(-c2nc(-c3ccccc3-c3ccccc3)nc(-c3ccccc3-c3cccc4c3Oc3ccc5c(c3O4)-c3ccccc3C5(c3ccccc3)c3ccccc3)n2)cc1. The molecule has 2 heterocycles. The van der Waals surface area contributed by atoms with E-state index in [0.717, 1.165) is 55.6 Å². The second-order valence-corrected chi connectivity index (χ2v) is 15.8. The van der Waals surface area contributed by atoms with E-state index in [2.05, 4.69) is 158 Å². The van der Waals surface area contributed by atoms with Crippen LogP contribution in [-0.4, -0.2) is 15.0 Å². The summed E-state index contributed by atoms with van der Waals surface area (Å²) in [6.45, 7) is 0. The number of hydrogen-bond donors (Lipinski definition) is 0. The minimum atomic E-state index is -0.558. The number of nitrogens with zero attached hydrogens (tertiary/aromatic N) is 3. The third-order valence-electron chi connectivity index (χ3n) is 12.3. The lowest BCUT2D eigenvalue weighted by molar-refractivity contribution is 0.361. The molecule has 0 saturated carbocycles. The van der Waals surface area contributed by atoms with E-state index in [0.29, 0.717) is 40.5 Å². The molecule has 12 rings (SSSR count). The first-order valence-electron chi connectivity index (χ1n) is 21.2.